The van der Waals surface area contributed by atoms with Gasteiger partial charge in [0.2, 0.25) is 0 Å². The maximum absolute atomic E-state index is 12.6. The van der Waals surface area contributed by atoms with E-state index >= 15 is 0 Å². The van der Waals surface area contributed by atoms with E-state index in [0.717, 1.165) is 27.4 Å². The molecule has 0 aliphatic carbocycles. The Kier molecular flexibility index (Phi) is 5.79. The summed E-state index contributed by atoms with van der Waals surface area (Å²) in [5, 5.41) is 4.97. The molecule has 0 saturated carbocycles. The zero-order valence-electron chi connectivity index (χ0n) is 19.2. The minimum absolute atomic E-state index is 0.118. The van der Waals surface area contributed by atoms with E-state index in [4.69, 9.17) is 9.15 Å². The van der Waals surface area contributed by atoms with Crippen molar-refractivity contribution in [2.45, 2.75) is 45.6 Å². The van der Waals surface area contributed by atoms with Gasteiger partial charge in [-0.2, -0.15) is 5.10 Å². The first kappa shape index (κ1) is 22.4. The monoisotopic (exact) mass is 497 g/mol. The molecule has 0 fully saturated rings. The van der Waals surface area contributed by atoms with Crippen molar-refractivity contribution in [2.24, 2.45) is 5.10 Å². The van der Waals surface area contributed by atoms with E-state index in [9.17, 15) is 4.79 Å². The Morgan fingerprint density at radius 3 is 2.78 bits per heavy atom. The van der Waals surface area contributed by atoms with E-state index < -0.39 is 5.91 Å². The summed E-state index contributed by atoms with van der Waals surface area (Å²) < 4.78 is 11.9. The Bertz CT molecular complexity index is 1230. The number of anilines is 1. The molecule has 32 heavy (non-hydrogen) atoms. The lowest BCUT2D eigenvalue weighted by Crippen LogP contribution is -2.45. The number of amides is 1. The number of aryl methyl sites for hydroxylation is 1. The number of fused-ring (bicyclic) bond motifs is 2. The topological polar surface area (TPSA) is 67.1 Å². The second kappa shape index (κ2) is 8.28. The summed E-state index contributed by atoms with van der Waals surface area (Å²) >= 11 is 3.44. The van der Waals surface area contributed by atoms with Crippen LogP contribution in [0, 0.1) is 6.92 Å². The van der Waals surface area contributed by atoms with Gasteiger partial charge in [-0.3, -0.25) is 4.79 Å². The van der Waals surface area contributed by atoms with Crippen LogP contribution in [0.3, 0.4) is 0 Å². The van der Waals surface area contributed by atoms with Crippen LogP contribution in [-0.4, -0.2) is 31.8 Å². The number of hydrogen-bond acceptors (Lipinski definition) is 5. The number of carbonyl (C=O) groups excluding carboxylic acids is 1. The molecule has 1 atom stereocenters. The first-order valence-corrected chi connectivity index (χ1v) is 11.4. The maximum Gasteiger partial charge on any atom is 0.307 e. The molecule has 7 heteroatoms. The smallest absolute Gasteiger partial charge is 0.307 e. The van der Waals surface area contributed by atoms with Crippen LogP contribution < -0.4 is 15.1 Å². The zero-order chi connectivity index (χ0) is 23.2. The van der Waals surface area contributed by atoms with Gasteiger partial charge in [-0.05, 0) is 80.1 Å². The number of furan rings is 1. The summed E-state index contributed by atoms with van der Waals surface area (Å²) in [5.74, 6) is 0.765. The highest BCUT2D eigenvalue weighted by atomic mass is 79.9. The normalized spacial score (nSPS) is 17.6. The van der Waals surface area contributed by atoms with Gasteiger partial charge in [0, 0.05) is 28.1 Å². The van der Waals surface area contributed by atoms with Gasteiger partial charge in [0.15, 0.2) is 17.1 Å². The van der Waals surface area contributed by atoms with Crippen molar-refractivity contribution in [3.63, 3.8) is 0 Å². The molecular weight excluding hydrogens is 470 g/mol. The van der Waals surface area contributed by atoms with Crippen LogP contribution in [0.25, 0.3) is 11.0 Å². The minimum Gasteiger partial charge on any atom is -0.493 e. The van der Waals surface area contributed by atoms with Crippen LogP contribution in [0.2, 0.25) is 0 Å². The molecule has 0 saturated heterocycles. The van der Waals surface area contributed by atoms with Crippen molar-refractivity contribution < 1.29 is 13.9 Å². The zero-order valence-corrected chi connectivity index (χ0v) is 20.8. The van der Waals surface area contributed by atoms with E-state index in [1.54, 1.807) is 25.5 Å². The average Bonchev–Trinajstić information content (AvgIpc) is 3.16. The fraction of sp³-hybridized carbons (Fsp3) is 0.360. The number of nitrogens with zero attached hydrogens (tertiary/aromatic N) is 2. The minimum atomic E-state index is -0.416. The molecule has 1 aliphatic rings. The van der Waals surface area contributed by atoms with E-state index in [1.165, 1.54) is 11.3 Å². The van der Waals surface area contributed by atoms with Crippen LogP contribution >= 0.6 is 15.9 Å². The highest BCUT2D eigenvalue weighted by molar-refractivity contribution is 9.10. The molecule has 1 N–H and O–H groups in total. The van der Waals surface area contributed by atoms with E-state index in [-0.39, 0.29) is 11.3 Å². The summed E-state index contributed by atoms with van der Waals surface area (Å²) in [6.07, 6.45) is 2.78. The Morgan fingerprint density at radius 2 is 2.06 bits per heavy atom. The molecule has 168 valence electrons. The highest BCUT2D eigenvalue weighted by Gasteiger charge is 2.34. The fourth-order valence-corrected chi connectivity index (χ4v) is 4.89. The predicted molar refractivity (Wildman–Crippen MR) is 132 cm³/mol. The van der Waals surface area contributed by atoms with Gasteiger partial charge in [-0.25, -0.2) is 5.43 Å². The SMILES string of the molecule is COc1cc(Br)cc2cc(C(=O)N/N=C\c3cc4c(cc3C)N(C)C(C)(C)C[C@@H]4C)oc12. The van der Waals surface area contributed by atoms with E-state index in [2.05, 4.69) is 78.2 Å². The molecule has 6 nitrogen and oxygen atoms in total. The Morgan fingerprint density at radius 1 is 1.31 bits per heavy atom. The van der Waals surface area contributed by atoms with E-state index in [0.29, 0.717) is 17.3 Å². The maximum atomic E-state index is 12.6. The summed E-state index contributed by atoms with van der Waals surface area (Å²) in [7, 11) is 3.72. The third kappa shape index (κ3) is 4.01. The lowest BCUT2D eigenvalue weighted by Gasteiger charge is -2.45. The van der Waals surface area contributed by atoms with Crippen LogP contribution in [0.15, 0.2) is 44.3 Å². The van der Waals surface area contributed by atoms with Gasteiger partial charge in [-0.15, -0.1) is 0 Å². The largest absolute Gasteiger partial charge is 0.493 e. The van der Waals surface area contributed by atoms with Crippen molar-refractivity contribution >= 4 is 44.7 Å². The first-order valence-electron chi connectivity index (χ1n) is 10.6. The molecule has 1 aliphatic heterocycles. The van der Waals surface area contributed by atoms with Gasteiger partial charge in [0.05, 0.1) is 13.3 Å². The molecule has 1 amide bonds. The van der Waals surface area contributed by atoms with Crippen LogP contribution in [0.5, 0.6) is 5.75 Å². The van der Waals surface area contributed by atoms with Crippen molar-refractivity contribution in [1.82, 2.24) is 5.43 Å². The number of hydrazone groups is 1. The molecule has 2 aromatic carbocycles. The second-order valence-electron chi connectivity index (χ2n) is 9.08. The standard InChI is InChI=1S/C25H28BrN3O3/c1-14-7-20-19(15(2)12-25(3,4)29(20)5)9-17(14)13-27-28-24(30)22-10-16-8-18(26)11-21(31-6)23(16)32-22/h7-11,13,15H,12H2,1-6H3,(H,28,30)/b27-13-/t15-/m0/s1. The Labute approximate surface area is 196 Å². The summed E-state index contributed by atoms with van der Waals surface area (Å²) in [5.41, 5.74) is 7.88. The van der Waals surface area contributed by atoms with Gasteiger partial charge >= 0.3 is 5.91 Å². The molecule has 0 spiro atoms. The highest BCUT2D eigenvalue weighted by Crippen LogP contribution is 2.43. The van der Waals surface area contributed by atoms with Crippen LogP contribution in [0.1, 0.15) is 60.4 Å². The van der Waals surface area contributed by atoms with Gasteiger partial charge < -0.3 is 14.1 Å². The van der Waals surface area contributed by atoms with Crippen molar-refractivity contribution in [2.75, 3.05) is 19.1 Å². The first-order chi connectivity index (χ1) is 15.1. The van der Waals surface area contributed by atoms with Crippen molar-refractivity contribution in [3.05, 3.63) is 57.3 Å². The summed E-state index contributed by atoms with van der Waals surface area (Å²) in [6.45, 7) is 8.88. The average molecular weight is 498 g/mol. The molecule has 0 bridgehead atoms. The number of hydrogen-bond donors (Lipinski definition) is 1. The Balaban J connectivity index is 1.55. The fourth-order valence-electron chi connectivity index (χ4n) is 4.44. The third-order valence-corrected chi connectivity index (χ3v) is 6.84. The van der Waals surface area contributed by atoms with Gasteiger partial charge in [0.1, 0.15) is 0 Å². The molecule has 2 heterocycles. The van der Waals surface area contributed by atoms with Crippen LogP contribution in [-0.2, 0) is 0 Å². The number of rotatable bonds is 4. The van der Waals surface area contributed by atoms with Crippen molar-refractivity contribution in [1.29, 1.82) is 0 Å². The number of ether oxygens (including phenoxy) is 1. The molecule has 0 unspecified atom stereocenters. The number of benzene rings is 2. The molecule has 0 radical (unpaired) electrons. The number of carbonyl (C=O) groups is 1. The number of nitrogens with one attached hydrogen (secondary N) is 1. The van der Waals surface area contributed by atoms with Crippen LogP contribution in [0.4, 0.5) is 5.69 Å². The molecule has 4 rings (SSSR count). The molecule has 1 aromatic heterocycles. The summed E-state index contributed by atoms with van der Waals surface area (Å²) in [6, 6.07) is 9.73. The third-order valence-electron chi connectivity index (χ3n) is 6.38. The van der Waals surface area contributed by atoms with E-state index in [1.807, 2.05) is 6.07 Å². The molecular formula is C25H28BrN3O3. The van der Waals surface area contributed by atoms with Crippen molar-refractivity contribution in [3.8, 4) is 5.75 Å². The predicted octanol–water partition coefficient (Wildman–Crippen LogP) is 6.00. The van der Waals surface area contributed by atoms with Gasteiger partial charge in [-0.1, -0.05) is 22.9 Å². The summed E-state index contributed by atoms with van der Waals surface area (Å²) in [4.78, 5) is 14.9. The lowest BCUT2D eigenvalue weighted by molar-refractivity contribution is 0.0929. The molecule has 3 aromatic rings. The quantitative estimate of drug-likeness (QED) is 0.354. The van der Waals surface area contributed by atoms with Gasteiger partial charge in [0.25, 0.3) is 0 Å². The number of methoxy groups -OCH3 is 1. The number of halogens is 1. The lowest BCUT2D eigenvalue weighted by atomic mass is 9.79. The second-order valence-corrected chi connectivity index (χ2v) is 10.00. The Hall–Kier alpha value is -2.80.